The van der Waals surface area contributed by atoms with Gasteiger partial charge in [-0.05, 0) is 37.0 Å². The number of benzene rings is 1. The highest BCUT2D eigenvalue weighted by molar-refractivity contribution is 5.65. The molecule has 68 valence electrons. The molecule has 1 atom stereocenters. The Morgan fingerprint density at radius 2 is 2.15 bits per heavy atom. The van der Waals surface area contributed by atoms with Gasteiger partial charge in [0, 0.05) is 6.04 Å². The quantitative estimate of drug-likeness (QED) is 0.692. The summed E-state index contributed by atoms with van der Waals surface area (Å²) < 4.78 is 0. The van der Waals surface area contributed by atoms with Gasteiger partial charge in [0.1, 0.15) is 0 Å². The molecule has 1 aliphatic rings. The Kier molecular flexibility index (Phi) is 1.97. The molecule has 13 heavy (non-hydrogen) atoms. The lowest BCUT2D eigenvalue weighted by Crippen LogP contribution is -2.17. The zero-order valence-corrected chi connectivity index (χ0v) is 8.17. The molecule has 0 fully saturated rings. The maximum Gasteiger partial charge on any atom is 0.0231 e. The second-order valence-corrected chi connectivity index (χ2v) is 3.89. The molecule has 0 spiro atoms. The Bertz CT molecular complexity index is 361. The molecule has 2 rings (SSSR count). The first-order chi connectivity index (χ1) is 6.16. The molecule has 1 nitrogen and oxygen atoms in total. The summed E-state index contributed by atoms with van der Waals surface area (Å²) in [4.78, 5) is 0. The standard InChI is InChI=1S/C12H15N/c1-8-3-4-10-6-11(9(2)13)7-12(10)5-8/h3-6,9H,7,13H2,1-2H3. The molecule has 1 unspecified atom stereocenters. The summed E-state index contributed by atoms with van der Waals surface area (Å²) in [7, 11) is 0. The zero-order valence-electron chi connectivity index (χ0n) is 8.17. The van der Waals surface area contributed by atoms with Gasteiger partial charge in [0.15, 0.2) is 0 Å². The highest BCUT2D eigenvalue weighted by Gasteiger charge is 2.14. The third kappa shape index (κ3) is 1.52. The van der Waals surface area contributed by atoms with Crippen molar-refractivity contribution in [2.24, 2.45) is 5.73 Å². The summed E-state index contributed by atoms with van der Waals surface area (Å²) in [6, 6.07) is 6.77. The van der Waals surface area contributed by atoms with Crippen LogP contribution in [0.25, 0.3) is 6.08 Å². The molecule has 0 heterocycles. The van der Waals surface area contributed by atoms with Crippen LogP contribution in [0.15, 0.2) is 23.8 Å². The van der Waals surface area contributed by atoms with E-state index in [-0.39, 0.29) is 6.04 Å². The molecular formula is C12H15N. The van der Waals surface area contributed by atoms with E-state index in [4.69, 9.17) is 5.73 Å². The van der Waals surface area contributed by atoms with Crippen LogP contribution < -0.4 is 5.73 Å². The Labute approximate surface area is 79.3 Å². The third-order valence-corrected chi connectivity index (χ3v) is 2.62. The van der Waals surface area contributed by atoms with Crippen molar-refractivity contribution in [2.75, 3.05) is 0 Å². The minimum absolute atomic E-state index is 0.188. The van der Waals surface area contributed by atoms with Gasteiger partial charge in [-0.3, -0.25) is 0 Å². The summed E-state index contributed by atoms with van der Waals surface area (Å²) in [6.07, 6.45) is 3.26. The van der Waals surface area contributed by atoms with Gasteiger partial charge in [0.05, 0.1) is 0 Å². The van der Waals surface area contributed by atoms with Crippen LogP contribution in [0.1, 0.15) is 23.6 Å². The average molecular weight is 173 g/mol. The van der Waals surface area contributed by atoms with Gasteiger partial charge in [-0.15, -0.1) is 0 Å². The summed E-state index contributed by atoms with van der Waals surface area (Å²) in [5.74, 6) is 0. The van der Waals surface area contributed by atoms with Crippen LogP contribution in [0.5, 0.6) is 0 Å². The Hall–Kier alpha value is -1.08. The van der Waals surface area contributed by atoms with Crippen LogP contribution in [-0.4, -0.2) is 6.04 Å². The number of aryl methyl sites for hydroxylation is 1. The molecule has 2 N–H and O–H groups in total. The van der Waals surface area contributed by atoms with E-state index in [1.54, 1.807) is 0 Å². The van der Waals surface area contributed by atoms with Crippen molar-refractivity contribution in [3.05, 3.63) is 40.5 Å². The van der Waals surface area contributed by atoms with Crippen LogP contribution in [0, 0.1) is 6.92 Å². The first-order valence-corrected chi connectivity index (χ1v) is 4.72. The predicted octanol–water partition coefficient (Wildman–Crippen LogP) is 2.28. The summed E-state index contributed by atoms with van der Waals surface area (Å²) in [6.45, 7) is 4.18. The molecule has 0 aromatic heterocycles. The molecule has 1 aliphatic carbocycles. The SMILES string of the molecule is Cc1ccc2c(c1)CC(C(C)N)=C2. The molecule has 0 saturated carbocycles. The monoisotopic (exact) mass is 173 g/mol. The minimum atomic E-state index is 0.188. The van der Waals surface area contributed by atoms with E-state index in [2.05, 4.69) is 31.2 Å². The van der Waals surface area contributed by atoms with E-state index in [0.29, 0.717) is 0 Å². The Morgan fingerprint density at radius 1 is 1.38 bits per heavy atom. The van der Waals surface area contributed by atoms with E-state index in [9.17, 15) is 0 Å². The molecule has 0 amide bonds. The van der Waals surface area contributed by atoms with Crippen LogP contribution in [0.3, 0.4) is 0 Å². The van der Waals surface area contributed by atoms with Crippen LogP contribution >= 0.6 is 0 Å². The van der Waals surface area contributed by atoms with E-state index >= 15 is 0 Å². The summed E-state index contributed by atoms with van der Waals surface area (Å²) in [5.41, 5.74) is 11.3. The maximum atomic E-state index is 5.85. The van der Waals surface area contributed by atoms with Crippen molar-refractivity contribution in [2.45, 2.75) is 26.3 Å². The summed E-state index contributed by atoms with van der Waals surface area (Å²) in [5, 5.41) is 0. The van der Waals surface area contributed by atoms with Crippen molar-refractivity contribution in [1.82, 2.24) is 0 Å². The fraction of sp³-hybridized carbons (Fsp3) is 0.333. The van der Waals surface area contributed by atoms with Crippen LogP contribution in [0.4, 0.5) is 0 Å². The highest BCUT2D eigenvalue weighted by atomic mass is 14.6. The van der Waals surface area contributed by atoms with Gasteiger partial charge in [-0.2, -0.15) is 0 Å². The van der Waals surface area contributed by atoms with E-state index in [0.717, 1.165) is 6.42 Å². The topological polar surface area (TPSA) is 26.0 Å². The van der Waals surface area contributed by atoms with E-state index < -0.39 is 0 Å². The number of nitrogens with two attached hydrogens (primary N) is 1. The predicted molar refractivity (Wildman–Crippen MR) is 56.5 cm³/mol. The van der Waals surface area contributed by atoms with E-state index in [1.807, 2.05) is 6.92 Å². The van der Waals surface area contributed by atoms with Crippen molar-refractivity contribution >= 4 is 6.08 Å². The lowest BCUT2D eigenvalue weighted by Gasteiger charge is -2.04. The molecule has 0 radical (unpaired) electrons. The van der Waals surface area contributed by atoms with Crippen LogP contribution in [-0.2, 0) is 6.42 Å². The minimum Gasteiger partial charge on any atom is -0.324 e. The van der Waals surface area contributed by atoms with Gasteiger partial charge in [0.25, 0.3) is 0 Å². The lowest BCUT2D eigenvalue weighted by molar-refractivity contribution is 0.841. The Balaban J connectivity index is 2.36. The van der Waals surface area contributed by atoms with Gasteiger partial charge in [0.2, 0.25) is 0 Å². The molecular weight excluding hydrogens is 158 g/mol. The zero-order chi connectivity index (χ0) is 9.42. The average Bonchev–Trinajstić information content (AvgIpc) is 2.46. The van der Waals surface area contributed by atoms with Crippen molar-refractivity contribution in [3.8, 4) is 0 Å². The van der Waals surface area contributed by atoms with Gasteiger partial charge in [-0.1, -0.05) is 29.8 Å². The molecule has 0 saturated heterocycles. The maximum absolute atomic E-state index is 5.85. The van der Waals surface area contributed by atoms with E-state index in [1.165, 1.54) is 22.3 Å². The third-order valence-electron chi connectivity index (χ3n) is 2.62. The first-order valence-electron chi connectivity index (χ1n) is 4.72. The van der Waals surface area contributed by atoms with Gasteiger partial charge >= 0.3 is 0 Å². The van der Waals surface area contributed by atoms with Gasteiger partial charge < -0.3 is 5.73 Å². The molecule has 1 aromatic carbocycles. The van der Waals surface area contributed by atoms with Crippen molar-refractivity contribution < 1.29 is 0 Å². The fourth-order valence-corrected chi connectivity index (χ4v) is 1.79. The first kappa shape index (κ1) is 8.52. The number of hydrogen-bond acceptors (Lipinski definition) is 1. The molecule has 0 aliphatic heterocycles. The smallest absolute Gasteiger partial charge is 0.0231 e. The molecule has 1 aromatic rings. The Morgan fingerprint density at radius 3 is 2.85 bits per heavy atom. The number of hydrogen-bond donors (Lipinski definition) is 1. The fourth-order valence-electron chi connectivity index (χ4n) is 1.79. The number of rotatable bonds is 1. The normalized spacial score (nSPS) is 16.7. The largest absolute Gasteiger partial charge is 0.324 e. The van der Waals surface area contributed by atoms with Crippen molar-refractivity contribution in [1.29, 1.82) is 0 Å². The highest BCUT2D eigenvalue weighted by Crippen LogP contribution is 2.26. The second kappa shape index (κ2) is 3.00. The molecule has 1 heteroatoms. The molecule has 0 bridgehead atoms. The lowest BCUT2D eigenvalue weighted by atomic mass is 10.0. The second-order valence-electron chi connectivity index (χ2n) is 3.89. The summed E-state index contributed by atoms with van der Waals surface area (Å²) >= 11 is 0. The van der Waals surface area contributed by atoms with Crippen LogP contribution in [0.2, 0.25) is 0 Å². The number of fused-ring (bicyclic) bond motifs is 1. The van der Waals surface area contributed by atoms with Gasteiger partial charge in [-0.25, -0.2) is 0 Å². The van der Waals surface area contributed by atoms with Crippen molar-refractivity contribution in [3.63, 3.8) is 0 Å².